The summed E-state index contributed by atoms with van der Waals surface area (Å²) in [6.45, 7) is 10.2. The highest BCUT2D eigenvalue weighted by Crippen LogP contribution is 2.34. The van der Waals surface area contributed by atoms with E-state index in [9.17, 15) is 4.79 Å². The Bertz CT molecular complexity index is 1180. The second-order valence-corrected chi connectivity index (χ2v) is 9.02. The van der Waals surface area contributed by atoms with E-state index in [0.717, 1.165) is 17.0 Å². The van der Waals surface area contributed by atoms with Crippen LogP contribution >= 0.6 is 0 Å². The van der Waals surface area contributed by atoms with E-state index in [2.05, 4.69) is 9.98 Å². The molecule has 0 atom stereocenters. The molecule has 0 saturated heterocycles. The number of ether oxygens (including phenoxy) is 1. The lowest BCUT2D eigenvalue weighted by molar-refractivity contribution is -0.644. The minimum absolute atomic E-state index is 0.0421. The lowest BCUT2D eigenvalue weighted by Crippen LogP contribution is -2.93. The summed E-state index contributed by atoms with van der Waals surface area (Å²) in [4.78, 5) is 25.4. The van der Waals surface area contributed by atoms with Crippen LogP contribution in [-0.4, -0.2) is 51.5 Å². The number of hydrogen-bond acceptors (Lipinski definition) is 5. The van der Waals surface area contributed by atoms with Crippen LogP contribution in [0.3, 0.4) is 0 Å². The molecule has 34 heavy (non-hydrogen) atoms. The van der Waals surface area contributed by atoms with E-state index in [1.54, 1.807) is 32.3 Å². The highest BCUT2D eigenvalue weighted by Gasteiger charge is 2.28. The molecule has 0 aliphatic carbocycles. The molecule has 1 amide bonds. The first-order valence-electron chi connectivity index (χ1n) is 11.1. The van der Waals surface area contributed by atoms with Gasteiger partial charge >= 0.3 is 0 Å². The van der Waals surface area contributed by atoms with Crippen LogP contribution in [0.1, 0.15) is 45.9 Å². The van der Waals surface area contributed by atoms with Gasteiger partial charge in [0.1, 0.15) is 30.1 Å². The summed E-state index contributed by atoms with van der Waals surface area (Å²) in [5.41, 5.74) is 13.4. The van der Waals surface area contributed by atoms with Crippen molar-refractivity contribution in [2.75, 3.05) is 6.61 Å². The Hall–Kier alpha value is -3.79. The van der Waals surface area contributed by atoms with Crippen LogP contribution in [-0.2, 0) is 11.3 Å². The fourth-order valence-electron chi connectivity index (χ4n) is 3.34. The van der Waals surface area contributed by atoms with Gasteiger partial charge in [0.25, 0.3) is 5.91 Å². The van der Waals surface area contributed by atoms with Gasteiger partial charge in [-0.1, -0.05) is 6.07 Å². The Morgan fingerprint density at radius 1 is 1.35 bits per heavy atom. The average molecular weight is 466 g/mol. The first-order chi connectivity index (χ1) is 16.0. The highest BCUT2D eigenvalue weighted by molar-refractivity contribution is 6.08. The zero-order valence-corrected chi connectivity index (χ0v) is 20.3. The van der Waals surface area contributed by atoms with Gasteiger partial charge in [-0.15, -0.1) is 0 Å². The van der Waals surface area contributed by atoms with Crippen LogP contribution in [0, 0.1) is 5.41 Å². The van der Waals surface area contributed by atoms with Gasteiger partial charge in [0.15, 0.2) is 11.4 Å². The van der Waals surface area contributed by atoms with Gasteiger partial charge in [-0.25, -0.2) is 9.98 Å². The maximum absolute atomic E-state index is 11.6. The van der Waals surface area contributed by atoms with E-state index in [0.29, 0.717) is 41.8 Å². The number of aliphatic imine (C=N–C) groups is 2. The average Bonchev–Trinajstić information content (AvgIpc) is 3.09. The molecule has 2 heterocycles. The molecule has 10 nitrogen and oxygen atoms in total. The lowest BCUT2D eigenvalue weighted by Gasteiger charge is -2.16. The Kier molecular flexibility index (Phi) is 7.31. The number of amides is 1. The number of carbonyl (C=O) groups excluding carboxylic acids is 1. The molecule has 0 spiro atoms. The van der Waals surface area contributed by atoms with Crippen molar-refractivity contribution in [3.05, 3.63) is 41.9 Å². The number of allylic oxidation sites excluding steroid dienone is 1. The van der Waals surface area contributed by atoms with Crippen molar-refractivity contribution in [2.45, 2.75) is 52.7 Å². The van der Waals surface area contributed by atoms with Crippen molar-refractivity contribution < 1.29 is 14.8 Å². The summed E-state index contributed by atoms with van der Waals surface area (Å²) >= 11 is 0. The first-order valence-corrected chi connectivity index (χ1v) is 11.1. The highest BCUT2D eigenvalue weighted by atomic mass is 16.5. The number of imidazole rings is 1. The third-order valence-electron chi connectivity index (χ3n) is 5.28. The third kappa shape index (κ3) is 5.57. The third-order valence-corrected chi connectivity index (χ3v) is 5.28. The predicted octanol–water partition coefficient (Wildman–Crippen LogP) is 1.29. The molecule has 1 aliphatic rings. The van der Waals surface area contributed by atoms with Crippen LogP contribution in [0.25, 0.3) is 17.0 Å². The summed E-state index contributed by atoms with van der Waals surface area (Å²) in [7, 11) is 0. The van der Waals surface area contributed by atoms with Crippen molar-refractivity contribution in [3.8, 4) is 17.1 Å². The molecular weight excluding hydrogens is 432 g/mol. The molecule has 0 unspecified atom stereocenters. The molecule has 1 aliphatic heterocycles. The first kappa shape index (κ1) is 24.8. The molecule has 0 radical (unpaired) electrons. The van der Waals surface area contributed by atoms with Gasteiger partial charge in [-0.2, -0.15) is 0 Å². The van der Waals surface area contributed by atoms with Crippen LogP contribution < -0.4 is 21.5 Å². The molecule has 0 bridgehead atoms. The quantitative estimate of drug-likeness (QED) is 0.358. The molecule has 7 N–H and O–H groups in total. The van der Waals surface area contributed by atoms with Gasteiger partial charge < -0.3 is 31.5 Å². The van der Waals surface area contributed by atoms with E-state index in [1.807, 2.05) is 42.8 Å². The Morgan fingerprint density at radius 2 is 2.09 bits per heavy atom. The van der Waals surface area contributed by atoms with E-state index in [-0.39, 0.29) is 6.04 Å². The smallest absolute Gasteiger partial charge is 0.278 e. The fraction of sp³-hybridized carbons (Fsp3) is 0.375. The van der Waals surface area contributed by atoms with E-state index in [4.69, 9.17) is 26.6 Å². The largest absolute Gasteiger partial charge is 0.491 e. The van der Waals surface area contributed by atoms with Crippen LogP contribution in [0.15, 0.2) is 40.6 Å². The number of aromatic nitrogens is 2. The van der Waals surface area contributed by atoms with Crippen LogP contribution in [0.2, 0.25) is 0 Å². The molecule has 10 heteroatoms. The summed E-state index contributed by atoms with van der Waals surface area (Å²) in [6.07, 6.45) is 4.89. The number of nitrogens with one attached hydrogen (secondary N) is 1. The summed E-state index contributed by atoms with van der Waals surface area (Å²) in [6, 6.07) is 5.75. The molecule has 1 aromatic carbocycles. The maximum atomic E-state index is 11.6. The van der Waals surface area contributed by atoms with E-state index in [1.165, 1.54) is 6.21 Å². The van der Waals surface area contributed by atoms with E-state index < -0.39 is 11.4 Å². The summed E-state index contributed by atoms with van der Waals surface area (Å²) in [5, 5.41) is 9.56. The number of carbonyl (C=O) groups is 1. The van der Waals surface area contributed by atoms with Gasteiger partial charge in [-0.05, 0) is 52.3 Å². The zero-order valence-electron chi connectivity index (χ0n) is 20.3. The molecule has 180 valence electrons. The summed E-state index contributed by atoms with van der Waals surface area (Å²) < 4.78 is 8.03. The number of nitrogens with two attached hydrogens (primary N) is 3. The number of benzene rings is 1. The molecule has 1 aromatic heterocycles. The zero-order chi connectivity index (χ0) is 25.0. The fourth-order valence-corrected chi connectivity index (χ4v) is 3.34. The van der Waals surface area contributed by atoms with Gasteiger partial charge in [-0.3, -0.25) is 9.79 Å². The Morgan fingerprint density at radius 3 is 2.71 bits per heavy atom. The molecule has 3 rings (SSSR count). The normalized spacial score (nSPS) is 14.8. The minimum Gasteiger partial charge on any atom is -0.491 e. The van der Waals surface area contributed by atoms with Crippen LogP contribution in [0.5, 0.6) is 5.75 Å². The van der Waals surface area contributed by atoms with Gasteiger partial charge in [0.2, 0.25) is 0 Å². The Balaban J connectivity index is 2.02. The van der Waals surface area contributed by atoms with Gasteiger partial charge in [0.05, 0.1) is 23.5 Å². The topological polar surface area (TPSA) is 161 Å². The number of quaternary nitrogens is 1. The van der Waals surface area contributed by atoms with Crippen molar-refractivity contribution >= 4 is 29.4 Å². The number of fused-ring (bicyclic) bond motifs is 3. The van der Waals surface area contributed by atoms with Crippen molar-refractivity contribution in [1.29, 1.82) is 5.41 Å². The second-order valence-electron chi connectivity index (χ2n) is 9.02. The minimum atomic E-state index is -0.822. The molecule has 0 saturated carbocycles. The predicted molar refractivity (Wildman–Crippen MR) is 134 cm³/mol. The number of amidine groups is 2. The maximum Gasteiger partial charge on any atom is 0.278 e. The number of hydrogen-bond donors (Lipinski definition) is 4. The molecule has 2 aromatic rings. The summed E-state index contributed by atoms with van der Waals surface area (Å²) in [5.74, 6) is 1.89. The standard InChI is InChI=1S/C24H32N8O2/c1-14(2)29-21(30-15(3)26)19-13-32-8-9-34-20-10-16(6-7-18(20)22(32)31-19)17(11-25)12-28-24(4,5)23(27)33/h6-7,10-14,25,28H,8-9H2,1-5H3,(H2,27,33)(H2,26,29,30)/p+1. The van der Waals surface area contributed by atoms with Crippen molar-refractivity contribution in [3.63, 3.8) is 0 Å². The van der Waals surface area contributed by atoms with Crippen LogP contribution in [0.4, 0.5) is 0 Å². The SMILES string of the molecule is CC(N)=NC(=NC(C)C)c1cn2c(n1)-c1ccc(C(C=N)=C[NH2+]C(C)(C)C(N)=O)cc1OCC2. The second kappa shape index (κ2) is 10.0. The van der Waals surface area contributed by atoms with Gasteiger partial charge in [0, 0.05) is 18.5 Å². The van der Waals surface area contributed by atoms with Crippen molar-refractivity contribution in [2.24, 2.45) is 21.5 Å². The lowest BCUT2D eigenvalue weighted by atomic mass is 10.0. The molecule has 0 fully saturated rings. The Labute approximate surface area is 199 Å². The number of primary amides is 1. The number of rotatable bonds is 7. The monoisotopic (exact) mass is 465 g/mol. The van der Waals surface area contributed by atoms with Crippen molar-refractivity contribution in [1.82, 2.24) is 9.55 Å². The number of nitrogens with zero attached hydrogens (tertiary/aromatic N) is 4. The molecular formula is C24H33N8O2+. The van der Waals surface area contributed by atoms with E-state index >= 15 is 0 Å².